The zero-order valence-electron chi connectivity index (χ0n) is 14.9. The molecule has 1 amide bonds. The highest BCUT2D eigenvalue weighted by Gasteiger charge is 2.30. The van der Waals surface area contributed by atoms with Gasteiger partial charge in [-0.15, -0.1) is 0 Å². The molecular weight excluding hydrogens is 355 g/mol. The number of rotatable bonds is 4. The molecule has 3 nitrogen and oxygen atoms in total. The zero-order valence-corrected chi connectivity index (χ0v) is 14.9. The van der Waals surface area contributed by atoms with E-state index in [1.54, 1.807) is 18.1 Å². The number of hydrogen-bond acceptors (Lipinski definition) is 2. The standard InChI is InChI=1S/C21H20F3NO2/c1-27-18-5-2-4-16(14-18)19-6-3-13-25(19)20(26)12-9-15-7-10-17(11-8-15)21(22,23)24/h2,4-5,7-12,14,19H,3,6,13H2,1H3/b12-9+. The molecule has 6 heteroatoms. The lowest BCUT2D eigenvalue weighted by atomic mass is 10.0. The molecule has 1 aliphatic heterocycles. The number of amides is 1. The Morgan fingerprint density at radius 2 is 1.93 bits per heavy atom. The van der Waals surface area contributed by atoms with E-state index < -0.39 is 11.7 Å². The molecule has 3 rings (SSSR count). The predicted molar refractivity (Wildman–Crippen MR) is 97.2 cm³/mol. The Morgan fingerprint density at radius 3 is 2.59 bits per heavy atom. The lowest BCUT2D eigenvalue weighted by Crippen LogP contribution is -2.28. The molecular formula is C21H20F3NO2. The van der Waals surface area contributed by atoms with Crippen molar-refractivity contribution in [3.05, 3.63) is 71.3 Å². The number of carbonyl (C=O) groups excluding carboxylic acids is 1. The average Bonchev–Trinajstić information content (AvgIpc) is 3.16. The largest absolute Gasteiger partial charge is 0.497 e. The SMILES string of the molecule is COc1cccc(C2CCCN2C(=O)/C=C/c2ccc(C(F)(F)F)cc2)c1. The quantitative estimate of drug-likeness (QED) is 0.697. The van der Waals surface area contributed by atoms with Crippen LogP contribution >= 0.6 is 0 Å². The van der Waals surface area contributed by atoms with Gasteiger partial charge < -0.3 is 9.64 Å². The summed E-state index contributed by atoms with van der Waals surface area (Å²) in [5.74, 6) is 0.590. The van der Waals surface area contributed by atoms with Crippen LogP contribution in [0.4, 0.5) is 13.2 Å². The molecule has 142 valence electrons. The van der Waals surface area contributed by atoms with Crippen molar-refractivity contribution in [3.63, 3.8) is 0 Å². The number of benzene rings is 2. The van der Waals surface area contributed by atoms with Gasteiger partial charge in [-0.1, -0.05) is 24.3 Å². The van der Waals surface area contributed by atoms with E-state index in [0.717, 1.165) is 36.3 Å². The van der Waals surface area contributed by atoms with Crippen LogP contribution < -0.4 is 4.74 Å². The van der Waals surface area contributed by atoms with E-state index in [1.807, 2.05) is 24.3 Å². The molecule has 0 N–H and O–H groups in total. The van der Waals surface area contributed by atoms with Crippen LogP contribution in [0.1, 0.15) is 35.6 Å². The second-order valence-corrected chi connectivity index (χ2v) is 6.42. The maximum absolute atomic E-state index is 12.6. The average molecular weight is 375 g/mol. The molecule has 0 radical (unpaired) electrons. The molecule has 0 bridgehead atoms. The summed E-state index contributed by atoms with van der Waals surface area (Å²) in [5.41, 5.74) is 0.861. The van der Waals surface area contributed by atoms with Gasteiger partial charge in [0.25, 0.3) is 0 Å². The number of carbonyl (C=O) groups is 1. The van der Waals surface area contributed by atoms with E-state index in [-0.39, 0.29) is 11.9 Å². The van der Waals surface area contributed by atoms with E-state index in [0.29, 0.717) is 12.1 Å². The lowest BCUT2D eigenvalue weighted by molar-refractivity contribution is -0.137. The Morgan fingerprint density at radius 1 is 1.19 bits per heavy atom. The maximum atomic E-state index is 12.6. The molecule has 27 heavy (non-hydrogen) atoms. The van der Waals surface area contributed by atoms with Crippen LogP contribution in [-0.2, 0) is 11.0 Å². The Balaban J connectivity index is 1.71. The van der Waals surface area contributed by atoms with E-state index in [2.05, 4.69) is 0 Å². The van der Waals surface area contributed by atoms with Crippen molar-refractivity contribution in [2.24, 2.45) is 0 Å². The Hall–Kier alpha value is -2.76. The minimum Gasteiger partial charge on any atom is -0.497 e. The molecule has 0 saturated carbocycles. The van der Waals surface area contributed by atoms with Crippen LogP contribution in [0.15, 0.2) is 54.6 Å². The number of methoxy groups -OCH3 is 1. The maximum Gasteiger partial charge on any atom is 0.416 e. The van der Waals surface area contributed by atoms with Crippen LogP contribution in [0.3, 0.4) is 0 Å². The summed E-state index contributed by atoms with van der Waals surface area (Å²) in [4.78, 5) is 14.4. The Bertz CT molecular complexity index is 828. The molecule has 1 saturated heterocycles. The summed E-state index contributed by atoms with van der Waals surface area (Å²) in [7, 11) is 1.60. The molecule has 0 aromatic heterocycles. The monoisotopic (exact) mass is 375 g/mol. The van der Waals surface area contributed by atoms with Gasteiger partial charge in [-0.3, -0.25) is 4.79 Å². The van der Waals surface area contributed by atoms with Gasteiger partial charge >= 0.3 is 6.18 Å². The highest BCUT2D eigenvalue weighted by atomic mass is 19.4. The molecule has 1 atom stereocenters. The smallest absolute Gasteiger partial charge is 0.416 e. The first-order chi connectivity index (χ1) is 12.9. The van der Waals surface area contributed by atoms with Crippen LogP contribution in [0.25, 0.3) is 6.08 Å². The van der Waals surface area contributed by atoms with Crippen molar-refractivity contribution in [1.82, 2.24) is 4.90 Å². The summed E-state index contributed by atoms with van der Waals surface area (Å²) in [6.07, 6.45) is 0.372. The first-order valence-corrected chi connectivity index (χ1v) is 8.68. The summed E-state index contributed by atoms with van der Waals surface area (Å²) < 4.78 is 43.1. The third-order valence-corrected chi connectivity index (χ3v) is 4.67. The molecule has 1 heterocycles. The van der Waals surface area contributed by atoms with Crippen molar-refractivity contribution in [2.45, 2.75) is 25.1 Å². The molecule has 2 aromatic carbocycles. The fraction of sp³-hybridized carbons (Fsp3) is 0.286. The van der Waals surface area contributed by atoms with Gasteiger partial charge in [-0.2, -0.15) is 13.2 Å². The third-order valence-electron chi connectivity index (χ3n) is 4.67. The van der Waals surface area contributed by atoms with Gasteiger partial charge in [-0.25, -0.2) is 0 Å². The zero-order chi connectivity index (χ0) is 19.4. The van der Waals surface area contributed by atoms with E-state index in [1.165, 1.54) is 18.2 Å². The normalized spacial score (nSPS) is 17.5. The van der Waals surface area contributed by atoms with Crippen molar-refractivity contribution in [3.8, 4) is 5.75 Å². The van der Waals surface area contributed by atoms with Crippen LogP contribution in [0, 0.1) is 0 Å². The van der Waals surface area contributed by atoms with Crippen LogP contribution in [0.5, 0.6) is 5.75 Å². The van der Waals surface area contributed by atoms with Crippen LogP contribution in [-0.4, -0.2) is 24.5 Å². The summed E-state index contributed by atoms with van der Waals surface area (Å²) in [6.45, 7) is 0.651. The number of halogens is 3. The van der Waals surface area contributed by atoms with Gasteiger partial charge in [0, 0.05) is 12.6 Å². The Labute approximate surface area is 156 Å². The number of nitrogens with zero attached hydrogens (tertiary/aromatic N) is 1. The van der Waals surface area contributed by atoms with Crippen molar-refractivity contribution < 1.29 is 22.7 Å². The molecule has 1 aliphatic rings. The van der Waals surface area contributed by atoms with E-state index in [9.17, 15) is 18.0 Å². The molecule has 1 unspecified atom stereocenters. The lowest BCUT2D eigenvalue weighted by Gasteiger charge is -2.24. The molecule has 0 aliphatic carbocycles. The second kappa shape index (κ2) is 7.86. The topological polar surface area (TPSA) is 29.5 Å². The van der Waals surface area contributed by atoms with E-state index in [4.69, 9.17) is 4.74 Å². The van der Waals surface area contributed by atoms with Crippen molar-refractivity contribution in [2.75, 3.05) is 13.7 Å². The van der Waals surface area contributed by atoms with E-state index >= 15 is 0 Å². The highest BCUT2D eigenvalue weighted by Crippen LogP contribution is 2.34. The van der Waals surface area contributed by atoms with Crippen LogP contribution in [0.2, 0.25) is 0 Å². The van der Waals surface area contributed by atoms with Gasteiger partial charge in [0.2, 0.25) is 5.91 Å². The summed E-state index contributed by atoms with van der Waals surface area (Å²) >= 11 is 0. The molecule has 1 fully saturated rings. The first kappa shape index (κ1) is 19.0. The van der Waals surface area contributed by atoms with Crippen molar-refractivity contribution in [1.29, 1.82) is 0 Å². The fourth-order valence-corrected chi connectivity index (χ4v) is 3.27. The first-order valence-electron chi connectivity index (χ1n) is 8.68. The minimum absolute atomic E-state index is 0.0233. The predicted octanol–water partition coefficient (Wildman–Crippen LogP) is 5.09. The third kappa shape index (κ3) is 4.51. The minimum atomic E-state index is -4.36. The number of hydrogen-bond donors (Lipinski definition) is 0. The molecule has 0 spiro atoms. The second-order valence-electron chi connectivity index (χ2n) is 6.42. The van der Waals surface area contributed by atoms with Gasteiger partial charge in [0.1, 0.15) is 5.75 Å². The highest BCUT2D eigenvalue weighted by molar-refractivity contribution is 5.92. The van der Waals surface area contributed by atoms with Gasteiger partial charge in [-0.05, 0) is 54.3 Å². The van der Waals surface area contributed by atoms with Gasteiger partial charge in [0.15, 0.2) is 0 Å². The van der Waals surface area contributed by atoms with Crippen molar-refractivity contribution >= 4 is 12.0 Å². The summed E-state index contributed by atoms with van der Waals surface area (Å²) in [5, 5.41) is 0. The summed E-state index contributed by atoms with van der Waals surface area (Å²) in [6, 6.07) is 12.4. The number of ether oxygens (including phenoxy) is 1. The molecule has 2 aromatic rings. The number of alkyl halides is 3. The van der Waals surface area contributed by atoms with Gasteiger partial charge in [0.05, 0.1) is 18.7 Å². The number of likely N-dealkylation sites (tertiary alicyclic amines) is 1. The fourth-order valence-electron chi connectivity index (χ4n) is 3.27. The Kier molecular flexibility index (Phi) is 5.54.